The Hall–Kier alpha value is -3.31. The molecule has 0 radical (unpaired) electrons. The van der Waals surface area contributed by atoms with E-state index in [2.05, 4.69) is 0 Å². The summed E-state index contributed by atoms with van der Waals surface area (Å²) >= 11 is 0. The average molecular weight is 595 g/mol. The Kier molecular flexibility index (Phi) is 10.0. The van der Waals surface area contributed by atoms with Gasteiger partial charge in [0.2, 0.25) is 6.29 Å². The van der Waals surface area contributed by atoms with Gasteiger partial charge in [0.05, 0.1) is 19.8 Å². The van der Waals surface area contributed by atoms with Crippen molar-refractivity contribution in [3.8, 4) is 23.0 Å². The maximum Gasteiger partial charge on any atom is 0.229 e. The number of aliphatic hydroxyl groups excluding tert-OH is 6. The van der Waals surface area contributed by atoms with Gasteiger partial charge in [0.15, 0.2) is 18.2 Å². The molecule has 2 aromatic rings. The van der Waals surface area contributed by atoms with E-state index in [0.29, 0.717) is 11.3 Å². The van der Waals surface area contributed by atoms with Crippen LogP contribution in [0.4, 0.5) is 0 Å². The molecule has 0 bridgehead atoms. The number of hydrogen-bond acceptors (Lipinski definition) is 14. The third-order valence-corrected chi connectivity index (χ3v) is 7.04. The van der Waals surface area contributed by atoms with Gasteiger partial charge in [-0.3, -0.25) is 4.79 Å². The van der Waals surface area contributed by atoms with Gasteiger partial charge in [-0.1, -0.05) is 18.2 Å². The topological polar surface area (TPSA) is 225 Å². The van der Waals surface area contributed by atoms with Gasteiger partial charge in [0.25, 0.3) is 0 Å². The number of methoxy groups -OCH3 is 1. The second-order valence-electron chi connectivity index (χ2n) is 9.91. The fraction of sp³-hybridized carbons (Fsp3) is 0.464. The van der Waals surface area contributed by atoms with Crippen LogP contribution in [-0.2, 0) is 14.2 Å². The quantitative estimate of drug-likeness (QED) is 0.129. The summed E-state index contributed by atoms with van der Waals surface area (Å²) in [5.41, 5.74) is 0.236. The number of carbonyl (C=O) groups excluding carboxylic acids is 1. The Morgan fingerprint density at radius 3 is 2.10 bits per heavy atom. The van der Waals surface area contributed by atoms with Crippen molar-refractivity contribution in [2.75, 3.05) is 13.7 Å². The van der Waals surface area contributed by atoms with Crippen LogP contribution >= 0.6 is 0 Å². The average Bonchev–Trinajstić information content (AvgIpc) is 2.97. The number of aliphatic hydroxyl groups is 6. The van der Waals surface area contributed by atoms with Crippen LogP contribution in [0.3, 0.4) is 0 Å². The summed E-state index contributed by atoms with van der Waals surface area (Å²) in [6.07, 6.45) is -12.9. The van der Waals surface area contributed by atoms with Gasteiger partial charge in [-0.2, -0.15) is 0 Å². The molecule has 0 unspecified atom stereocenters. The van der Waals surface area contributed by atoms with Gasteiger partial charge in [-0.25, -0.2) is 0 Å². The first kappa shape index (κ1) is 31.6. The van der Waals surface area contributed by atoms with Crippen LogP contribution in [-0.4, -0.2) is 122 Å². The van der Waals surface area contributed by atoms with Crippen LogP contribution in [0.5, 0.6) is 23.0 Å². The highest BCUT2D eigenvalue weighted by Gasteiger charge is 2.50. The standard InChI is InChI=1S/C28H34O14/c1-12-21(33)23(35)25(37)27(39-12)42-26-24(36)22(34)19(11-29)41-28(26)40-15-9-17(31)20(18(32)10-15)16(30)8-5-13-3-6-14(38-2)7-4-13/h3-10,12,19,21-29,31-37H,11H2,1-2H3/b8-5+/t12-,19-,21+,22-,23+,24-,25+,26+,27+,28-/m1/s1. The van der Waals surface area contributed by atoms with E-state index in [-0.39, 0.29) is 5.75 Å². The Labute approximate surface area is 240 Å². The van der Waals surface area contributed by atoms with Crippen molar-refractivity contribution in [1.29, 1.82) is 0 Å². The molecule has 2 aliphatic heterocycles. The predicted octanol–water partition coefficient (Wildman–Crippen LogP) is -0.967. The van der Waals surface area contributed by atoms with Crippen molar-refractivity contribution in [1.82, 2.24) is 0 Å². The molecule has 0 aromatic heterocycles. The van der Waals surface area contributed by atoms with Crippen LogP contribution in [0, 0.1) is 0 Å². The number of aromatic hydroxyl groups is 2. The van der Waals surface area contributed by atoms with Crippen molar-refractivity contribution >= 4 is 11.9 Å². The highest BCUT2D eigenvalue weighted by molar-refractivity contribution is 6.10. The molecule has 2 aromatic carbocycles. The fourth-order valence-corrected chi connectivity index (χ4v) is 4.59. The predicted molar refractivity (Wildman–Crippen MR) is 142 cm³/mol. The molecule has 14 nitrogen and oxygen atoms in total. The van der Waals surface area contributed by atoms with Crippen LogP contribution in [0.25, 0.3) is 6.08 Å². The van der Waals surface area contributed by atoms with E-state index in [1.807, 2.05) is 0 Å². The van der Waals surface area contributed by atoms with E-state index in [0.717, 1.165) is 18.2 Å². The zero-order valence-electron chi connectivity index (χ0n) is 22.6. The van der Waals surface area contributed by atoms with Crippen molar-refractivity contribution in [2.45, 2.75) is 68.3 Å². The molecule has 4 rings (SSSR count). The number of phenols is 2. The normalized spacial score (nSPS) is 33.4. The van der Waals surface area contributed by atoms with E-state index in [1.165, 1.54) is 20.1 Å². The number of hydrogen-bond donors (Lipinski definition) is 8. The maximum absolute atomic E-state index is 12.7. The molecular weight excluding hydrogens is 560 g/mol. The summed E-state index contributed by atoms with van der Waals surface area (Å²) in [5.74, 6) is -1.66. The zero-order chi connectivity index (χ0) is 30.7. The number of phenolic OH excluding ortho intramolecular Hbond substituents is 2. The van der Waals surface area contributed by atoms with Crippen LogP contribution in [0.2, 0.25) is 0 Å². The summed E-state index contributed by atoms with van der Waals surface area (Å²) in [6.45, 7) is 0.676. The summed E-state index contributed by atoms with van der Waals surface area (Å²) < 4.78 is 27.3. The molecule has 0 amide bonds. The minimum atomic E-state index is -1.78. The van der Waals surface area contributed by atoms with Gasteiger partial charge in [0, 0.05) is 12.1 Å². The minimum Gasteiger partial charge on any atom is -0.507 e. The van der Waals surface area contributed by atoms with Gasteiger partial charge in [-0.05, 0) is 30.7 Å². The van der Waals surface area contributed by atoms with Crippen LogP contribution < -0.4 is 9.47 Å². The highest BCUT2D eigenvalue weighted by Crippen LogP contribution is 2.36. The number of rotatable bonds is 9. The Morgan fingerprint density at radius 1 is 0.857 bits per heavy atom. The third kappa shape index (κ3) is 6.67. The van der Waals surface area contributed by atoms with Crippen LogP contribution in [0.1, 0.15) is 22.8 Å². The second-order valence-corrected chi connectivity index (χ2v) is 9.91. The molecule has 14 heteroatoms. The Balaban J connectivity index is 1.54. The molecule has 2 fully saturated rings. The number of ether oxygens (including phenoxy) is 5. The first-order valence-electron chi connectivity index (χ1n) is 13.0. The maximum atomic E-state index is 12.7. The largest absolute Gasteiger partial charge is 0.507 e. The lowest BCUT2D eigenvalue weighted by atomic mass is 9.97. The third-order valence-electron chi connectivity index (χ3n) is 7.04. The molecule has 2 saturated heterocycles. The molecule has 230 valence electrons. The lowest BCUT2D eigenvalue weighted by Crippen LogP contribution is -2.64. The summed E-state index contributed by atoms with van der Waals surface area (Å²) in [6, 6.07) is 8.78. The molecule has 2 heterocycles. The SMILES string of the molecule is COc1ccc(/C=C/C(=O)c2c(O)cc(O[C@@H]3O[C@H](CO)[C@@H](O)[C@@H](O)[C@@H]3O[C@@H]3O[C@H](C)[C@H](O)[C@H](O)[C@@H]3O)cc2O)cc1. The number of allylic oxidation sites excluding steroid dienone is 1. The second kappa shape index (κ2) is 13.3. The molecule has 0 aliphatic carbocycles. The molecule has 0 saturated carbocycles. The van der Waals surface area contributed by atoms with Crippen molar-refractivity contribution < 1.29 is 69.3 Å². The molecule has 42 heavy (non-hydrogen) atoms. The molecule has 10 atom stereocenters. The van der Waals surface area contributed by atoms with Crippen molar-refractivity contribution in [3.05, 3.63) is 53.6 Å². The van der Waals surface area contributed by atoms with E-state index in [1.54, 1.807) is 24.3 Å². The number of carbonyl (C=O) groups is 1. The van der Waals surface area contributed by atoms with Gasteiger partial charge in [0.1, 0.15) is 65.2 Å². The lowest BCUT2D eigenvalue weighted by Gasteiger charge is -2.45. The first-order valence-corrected chi connectivity index (χ1v) is 13.0. The monoisotopic (exact) mass is 594 g/mol. The molecular formula is C28H34O14. The van der Waals surface area contributed by atoms with E-state index < -0.39 is 90.9 Å². The number of ketones is 1. The van der Waals surface area contributed by atoms with E-state index in [4.69, 9.17) is 23.7 Å². The van der Waals surface area contributed by atoms with Crippen LogP contribution in [0.15, 0.2) is 42.5 Å². The summed E-state index contributed by atoms with van der Waals surface area (Å²) in [5, 5.41) is 82.2. The molecule has 2 aliphatic rings. The Bertz CT molecular complexity index is 1230. The smallest absolute Gasteiger partial charge is 0.229 e. The fourth-order valence-electron chi connectivity index (χ4n) is 4.59. The first-order chi connectivity index (χ1) is 19.9. The minimum absolute atomic E-state index is 0.256. The van der Waals surface area contributed by atoms with Crippen molar-refractivity contribution in [3.63, 3.8) is 0 Å². The lowest BCUT2D eigenvalue weighted by molar-refractivity contribution is -0.354. The Morgan fingerprint density at radius 2 is 1.50 bits per heavy atom. The van der Waals surface area contributed by atoms with Gasteiger partial charge < -0.3 is 64.5 Å². The summed E-state index contributed by atoms with van der Waals surface area (Å²) in [4.78, 5) is 12.7. The molecule has 0 spiro atoms. The van der Waals surface area contributed by atoms with E-state index >= 15 is 0 Å². The highest BCUT2D eigenvalue weighted by atomic mass is 16.8. The number of benzene rings is 2. The van der Waals surface area contributed by atoms with Gasteiger partial charge in [-0.15, -0.1) is 0 Å². The van der Waals surface area contributed by atoms with E-state index in [9.17, 15) is 45.6 Å². The van der Waals surface area contributed by atoms with Crippen molar-refractivity contribution in [2.24, 2.45) is 0 Å². The molecule has 8 N–H and O–H groups in total. The van der Waals surface area contributed by atoms with Gasteiger partial charge >= 0.3 is 0 Å². The summed E-state index contributed by atoms with van der Waals surface area (Å²) in [7, 11) is 1.52. The zero-order valence-corrected chi connectivity index (χ0v) is 22.6.